The van der Waals surface area contributed by atoms with E-state index < -0.39 is 28.7 Å². The molecule has 2 radical (unpaired) electrons. The van der Waals surface area contributed by atoms with Crippen LogP contribution in [0.15, 0.2) is 12.1 Å². The average Bonchev–Trinajstić information content (AvgIpc) is 2.54. The Balaban J connectivity index is 3.99. The zero-order valence-corrected chi connectivity index (χ0v) is 22.1. The largest absolute Gasteiger partial charge is 0.328 e. The van der Waals surface area contributed by atoms with Crippen LogP contribution in [0.3, 0.4) is 0 Å². The van der Waals surface area contributed by atoms with Crippen LogP contribution in [0.5, 0.6) is 0 Å². The van der Waals surface area contributed by atoms with Crippen LogP contribution in [0.25, 0.3) is 0 Å². The molecular formula is C23H40O6P2. The Kier molecular flexibility index (Phi) is 9.31. The zero-order valence-electron chi connectivity index (χ0n) is 20.4. The van der Waals surface area contributed by atoms with Crippen LogP contribution < -0.4 is 0 Å². The number of benzene rings is 1. The highest BCUT2D eigenvalue weighted by Crippen LogP contribution is 2.51. The van der Waals surface area contributed by atoms with Crippen molar-refractivity contribution in [3.05, 3.63) is 48.2 Å². The van der Waals surface area contributed by atoms with Gasteiger partial charge >= 0.3 is 17.2 Å². The van der Waals surface area contributed by atoms with E-state index in [2.05, 4.69) is 88.3 Å². The zero-order chi connectivity index (χ0) is 24.6. The summed E-state index contributed by atoms with van der Waals surface area (Å²) in [5, 5.41) is 0. The van der Waals surface area contributed by atoms with E-state index in [-0.39, 0.29) is 22.9 Å². The topological polar surface area (TPSA) is 99.4 Å². The number of rotatable bonds is 7. The molecule has 0 spiro atoms. The fourth-order valence-corrected chi connectivity index (χ4v) is 4.33. The van der Waals surface area contributed by atoms with Crippen molar-refractivity contribution < 1.29 is 28.6 Å². The maximum absolute atomic E-state index is 9.80. The van der Waals surface area contributed by atoms with Gasteiger partial charge in [0.15, 0.2) is 0 Å². The minimum atomic E-state index is -2.74. The van der Waals surface area contributed by atoms with Crippen LogP contribution in [0.4, 0.5) is 0 Å². The van der Waals surface area contributed by atoms with Crippen molar-refractivity contribution >= 4 is 17.2 Å². The normalized spacial score (nSPS) is 15.1. The van der Waals surface area contributed by atoms with Crippen LogP contribution in [-0.2, 0) is 25.3 Å². The maximum atomic E-state index is 9.80. The third-order valence-electron chi connectivity index (χ3n) is 5.15. The summed E-state index contributed by atoms with van der Waals surface area (Å²) in [6.07, 6.45) is -0.957. The van der Waals surface area contributed by atoms with Crippen LogP contribution in [0.1, 0.15) is 90.7 Å². The average molecular weight is 475 g/mol. The van der Waals surface area contributed by atoms with Crippen molar-refractivity contribution in [3.8, 4) is 0 Å². The molecule has 0 amide bonds. The summed E-state index contributed by atoms with van der Waals surface area (Å²) >= 11 is 0. The Labute approximate surface area is 191 Å². The molecule has 0 saturated carbocycles. The highest BCUT2D eigenvalue weighted by Gasteiger charge is 2.41. The van der Waals surface area contributed by atoms with Crippen molar-refractivity contribution in [2.45, 2.75) is 84.7 Å². The first kappa shape index (κ1) is 28.9. The Morgan fingerprint density at radius 2 is 1.19 bits per heavy atom. The Bertz CT molecular complexity index is 705. The van der Waals surface area contributed by atoms with Gasteiger partial charge in [0.2, 0.25) is 0 Å². The molecule has 1 unspecified atom stereocenters. The second-order valence-electron chi connectivity index (χ2n) is 11.4. The van der Waals surface area contributed by atoms with E-state index >= 15 is 0 Å². The van der Waals surface area contributed by atoms with Gasteiger partial charge < -0.3 is 28.6 Å². The molecular weight excluding hydrogens is 434 g/mol. The second-order valence-corrected chi connectivity index (χ2v) is 12.8. The highest BCUT2D eigenvalue weighted by molar-refractivity contribution is 7.39. The fourth-order valence-electron chi connectivity index (χ4n) is 3.44. The number of hydrogen-bond acceptors (Lipinski definition) is 6. The second kappa shape index (κ2) is 9.99. The maximum Gasteiger partial charge on any atom is 0.327 e. The molecule has 4 N–H and O–H groups in total. The van der Waals surface area contributed by atoms with Gasteiger partial charge in [-0.2, -0.15) is 0 Å². The van der Waals surface area contributed by atoms with Crippen molar-refractivity contribution in [2.24, 2.45) is 5.41 Å². The molecule has 1 rings (SSSR count). The molecule has 31 heavy (non-hydrogen) atoms. The van der Waals surface area contributed by atoms with E-state index in [1.54, 1.807) is 0 Å². The van der Waals surface area contributed by atoms with Gasteiger partial charge in [0, 0.05) is 5.41 Å². The summed E-state index contributed by atoms with van der Waals surface area (Å²) < 4.78 is 10.7. The summed E-state index contributed by atoms with van der Waals surface area (Å²) in [6.45, 7) is 27.0. The molecule has 0 fully saturated rings. The third kappa shape index (κ3) is 7.98. The predicted molar refractivity (Wildman–Crippen MR) is 128 cm³/mol. The molecule has 6 nitrogen and oxygen atoms in total. The molecule has 0 aliphatic rings. The van der Waals surface area contributed by atoms with Gasteiger partial charge in [0.05, 0.1) is 12.7 Å². The van der Waals surface area contributed by atoms with Gasteiger partial charge in [-0.25, -0.2) is 0 Å². The molecule has 0 aliphatic heterocycles. The lowest BCUT2D eigenvalue weighted by atomic mass is 9.68. The lowest BCUT2D eigenvalue weighted by Gasteiger charge is -2.41. The van der Waals surface area contributed by atoms with Gasteiger partial charge in [-0.3, -0.25) is 0 Å². The third-order valence-corrected chi connectivity index (χ3v) is 5.91. The first-order chi connectivity index (χ1) is 13.7. The van der Waals surface area contributed by atoms with Gasteiger partial charge in [-0.05, 0) is 52.3 Å². The molecule has 8 heteroatoms. The molecule has 1 aromatic rings. The molecule has 1 atom stereocenters. The van der Waals surface area contributed by atoms with Gasteiger partial charge in [0.1, 0.15) is 0 Å². The lowest BCUT2D eigenvalue weighted by Crippen LogP contribution is -2.34. The van der Waals surface area contributed by atoms with Gasteiger partial charge in [-0.1, -0.05) is 74.4 Å². The monoisotopic (exact) mass is 474 g/mol. The first-order valence-corrected chi connectivity index (χ1v) is 12.6. The Morgan fingerprint density at radius 1 is 0.774 bits per heavy atom. The van der Waals surface area contributed by atoms with Gasteiger partial charge in [0.25, 0.3) is 0 Å². The van der Waals surface area contributed by atoms with Crippen LogP contribution in [0.2, 0.25) is 0 Å². The van der Waals surface area contributed by atoms with Crippen molar-refractivity contribution in [1.29, 1.82) is 0 Å². The fraction of sp³-hybridized carbons (Fsp3) is 0.652. The summed E-state index contributed by atoms with van der Waals surface area (Å²) in [6, 6.07) is 4.28. The van der Waals surface area contributed by atoms with Gasteiger partial charge in [-0.15, -0.1) is 0 Å². The molecule has 0 aromatic heterocycles. The molecule has 0 aliphatic carbocycles. The quantitative estimate of drug-likeness (QED) is 0.377. The van der Waals surface area contributed by atoms with Crippen LogP contribution in [0, 0.1) is 19.3 Å². The predicted octanol–water partition coefficient (Wildman–Crippen LogP) is 5.73. The van der Waals surface area contributed by atoms with Crippen molar-refractivity contribution in [3.63, 3.8) is 0 Å². The highest BCUT2D eigenvalue weighted by atomic mass is 31.2. The Morgan fingerprint density at radius 3 is 1.48 bits per heavy atom. The standard InChI is InChI=1S/C23H40O6P2/c1-20(2,3)15-12-16(21(4,5)6)18(17(13-15)22(7,8)9)19(29-31(26)27)23(10,11)14-28-30(24)25/h12-13,19,24-27H,10-11,14H2,1-9H3. The summed E-state index contributed by atoms with van der Waals surface area (Å²) in [7, 11) is -5.35. The van der Waals surface area contributed by atoms with E-state index in [1.165, 1.54) is 0 Å². The van der Waals surface area contributed by atoms with E-state index in [9.17, 15) is 19.6 Å². The summed E-state index contributed by atoms with van der Waals surface area (Å²) in [4.78, 5) is 38.1. The van der Waals surface area contributed by atoms with Crippen molar-refractivity contribution in [2.75, 3.05) is 6.61 Å². The molecule has 0 bridgehead atoms. The van der Waals surface area contributed by atoms with Crippen molar-refractivity contribution in [1.82, 2.24) is 0 Å². The molecule has 1 aromatic carbocycles. The minimum Gasteiger partial charge on any atom is -0.328 e. The number of hydrogen-bond donors (Lipinski definition) is 4. The summed E-state index contributed by atoms with van der Waals surface area (Å²) in [5.41, 5.74) is 1.92. The summed E-state index contributed by atoms with van der Waals surface area (Å²) in [5.74, 6) is 0. The smallest absolute Gasteiger partial charge is 0.327 e. The Hall–Kier alpha value is -0.160. The first-order valence-electron chi connectivity index (χ1n) is 10.2. The van der Waals surface area contributed by atoms with E-state index in [4.69, 9.17) is 9.05 Å². The molecule has 0 saturated heterocycles. The SMILES string of the molecule is [CH2]C([CH2])(COP(O)O)C(OP(O)O)c1c(C(C)(C)C)cc(C(C)(C)C)cc1C(C)(C)C. The lowest BCUT2D eigenvalue weighted by molar-refractivity contribution is 0.0527. The van der Waals surface area contributed by atoms with Crippen LogP contribution >= 0.6 is 17.2 Å². The van der Waals surface area contributed by atoms with E-state index in [0.29, 0.717) is 0 Å². The van der Waals surface area contributed by atoms with E-state index in [0.717, 1.165) is 22.3 Å². The molecule has 0 heterocycles. The van der Waals surface area contributed by atoms with Crippen LogP contribution in [-0.4, -0.2) is 26.2 Å². The minimum absolute atomic E-state index is 0.103. The van der Waals surface area contributed by atoms with E-state index in [1.807, 2.05) is 0 Å². The molecule has 178 valence electrons.